The molecule has 22 heavy (non-hydrogen) atoms. The smallest absolute Gasteiger partial charge is 0.265 e. The minimum absolute atomic E-state index is 0.266. The molecule has 0 atom stereocenters. The minimum atomic E-state index is -0.373. The van der Waals surface area contributed by atoms with Crippen LogP contribution in [0.5, 0.6) is 0 Å². The SMILES string of the molecule is Cc1ccc(-c2nn3nnc4ccccc4c3nc2=O)cc1. The van der Waals surface area contributed by atoms with Crippen LogP contribution in [0.3, 0.4) is 0 Å². The lowest BCUT2D eigenvalue weighted by molar-refractivity contribution is 0.704. The number of hydrogen-bond donors (Lipinski definition) is 0. The summed E-state index contributed by atoms with van der Waals surface area (Å²) in [6.07, 6.45) is 0. The summed E-state index contributed by atoms with van der Waals surface area (Å²) >= 11 is 0. The second-order valence-corrected chi connectivity index (χ2v) is 5.05. The van der Waals surface area contributed by atoms with Gasteiger partial charge in [0.25, 0.3) is 5.56 Å². The van der Waals surface area contributed by atoms with Gasteiger partial charge in [-0.1, -0.05) is 42.0 Å². The number of fused-ring (bicyclic) bond motifs is 3. The third kappa shape index (κ3) is 1.93. The van der Waals surface area contributed by atoms with E-state index in [2.05, 4.69) is 20.4 Å². The van der Waals surface area contributed by atoms with Crippen molar-refractivity contribution < 1.29 is 0 Å². The van der Waals surface area contributed by atoms with Crippen molar-refractivity contribution in [2.45, 2.75) is 6.92 Å². The Kier molecular flexibility index (Phi) is 2.69. The summed E-state index contributed by atoms with van der Waals surface area (Å²) in [5.74, 6) is 0. The highest BCUT2D eigenvalue weighted by molar-refractivity contribution is 5.90. The van der Waals surface area contributed by atoms with Gasteiger partial charge in [-0.05, 0) is 24.3 Å². The number of aromatic nitrogens is 5. The molecule has 2 heterocycles. The Morgan fingerprint density at radius 3 is 2.59 bits per heavy atom. The van der Waals surface area contributed by atoms with Gasteiger partial charge in [0.1, 0.15) is 0 Å². The third-order valence-electron chi connectivity index (χ3n) is 3.50. The highest BCUT2D eigenvalue weighted by Gasteiger charge is 2.11. The second-order valence-electron chi connectivity index (χ2n) is 5.05. The van der Waals surface area contributed by atoms with Gasteiger partial charge < -0.3 is 0 Å². The Balaban J connectivity index is 2.03. The van der Waals surface area contributed by atoms with Crippen molar-refractivity contribution in [2.24, 2.45) is 0 Å². The van der Waals surface area contributed by atoms with Crippen LogP contribution >= 0.6 is 0 Å². The van der Waals surface area contributed by atoms with E-state index in [-0.39, 0.29) is 11.3 Å². The second kappa shape index (κ2) is 4.70. The molecule has 4 rings (SSSR count). The Morgan fingerprint density at radius 2 is 1.77 bits per heavy atom. The monoisotopic (exact) mass is 289 g/mol. The summed E-state index contributed by atoms with van der Waals surface area (Å²) in [7, 11) is 0. The number of aryl methyl sites for hydroxylation is 1. The molecule has 0 fully saturated rings. The van der Waals surface area contributed by atoms with Gasteiger partial charge >= 0.3 is 0 Å². The standard InChI is InChI=1S/C16H11N5O/c1-10-6-8-11(9-7-10)14-16(22)17-15-12-4-2-3-5-13(12)18-20-21(15)19-14/h2-9H,1H3. The van der Waals surface area contributed by atoms with Gasteiger partial charge in [0.2, 0.25) is 0 Å². The molecule has 6 heteroatoms. The van der Waals surface area contributed by atoms with Crippen molar-refractivity contribution in [1.29, 1.82) is 0 Å². The maximum atomic E-state index is 12.3. The first-order valence-corrected chi connectivity index (χ1v) is 6.82. The highest BCUT2D eigenvalue weighted by Crippen LogP contribution is 2.16. The molecule has 0 spiro atoms. The quantitative estimate of drug-likeness (QED) is 0.501. The highest BCUT2D eigenvalue weighted by atomic mass is 16.1. The first-order chi connectivity index (χ1) is 10.7. The lowest BCUT2D eigenvalue weighted by Crippen LogP contribution is -2.18. The zero-order valence-electron chi connectivity index (χ0n) is 11.8. The van der Waals surface area contributed by atoms with E-state index in [4.69, 9.17) is 0 Å². The van der Waals surface area contributed by atoms with Crippen LogP contribution in [-0.2, 0) is 0 Å². The Morgan fingerprint density at radius 1 is 1.00 bits per heavy atom. The maximum Gasteiger partial charge on any atom is 0.300 e. The molecular weight excluding hydrogens is 278 g/mol. The number of benzene rings is 2. The number of nitrogens with zero attached hydrogens (tertiary/aromatic N) is 5. The normalized spacial score (nSPS) is 11.1. The van der Waals surface area contributed by atoms with Gasteiger partial charge in [0.15, 0.2) is 11.3 Å². The fourth-order valence-corrected chi connectivity index (χ4v) is 2.34. The number of rotatable bonds is 1. The Bertz CT molecular complexity index is 1050. The lowest BCUT2D eigenvalue weighted by Gasteiger charge is -2.04. The Hall–Kier alpha value is -3.15. The van der Waals surface area contributed by atoms with Crippen molar-refractivity contribution in [3.8, 4) is 11.3 Å². The van der Waals surface area contributed by atoms with Gasteiger partial charge in [-0.15, -0.1) is 14.8 Å². The summed E-state index contributed by atoms with van der Waals surface area (Å²) in [5.41, 5.74) is 2.81. The van der Waals surface area contributed by atoms with E-state index in [0.717, 1.165) is 10.9 Å². The average molecular weight is 289 g/mol. The van der Waals surface area contributed by atoms with E-state index in [1.165, 1.54) is 4.63 Å². The summed E-state index contributed by atoms with van der Waals surface area (Å²) in [6.45, 7) is 1.99. The molecule has 0 aliphatic heterocycles. The Labute approximate surface area is 125 Å². The van der Waals surface area contributed by atoms with Gasteiger partial charge in [0, 0.05) is 10.9 Å². The van der Waals surface area contributed by atoms with Crippen LogP contribution in [0.2, 0.25) is 0 Å². The molecule has 0 saturated carbocycles. The minimum Gasteiger partial charge on any atom is -0.265 e. The summed E-state index contributed by atoms with van der Waals surface area (Å²) in [5, 5.41) is 13.1. The first-order valence-electron chi connectivity index (χ1n) is 6.82. The van der Waals surface area contributed by atoms with Crippen LogP contribution in [0.15, 0.2) is 53.3 Å². The molecule has 106 valence electrons. The van der Waals surface area contributed by atoms with E-state index in [1.807, 2.05) is 55.5 Å². The zero-order chi connectivity index (χ0) is 15.1. The molecule has 6 nitrogen and oxygen atoms in total. The molecular formula is C16H11N5O. The van der Waals surface area contributed by atoms with Gasteiger partial charge in [0.05, 0.1) is 5.52 Å². The van der Waals surface area contributed by atoms with Gasteiger partial charge in [-0.2, -0.15) is 4.98 Å². The predicted molar refractivity (Wildman–Crippen MR) is 82.5 cm³/mol. The van der Waals surface area contributed by atoms with E-state index < -0.39 is 0 Å². The van der Waals surface area contributed by atoms with Crippen molar-refractivity contribution >= 4 is 16.6 Å². The average Bonchev–Trinajstić information content (AvgIpc) is 2.55. The molecule has 0 saturated heterocycles. The molecule has 2 aromatic heterocycles. The molecule has 4 aromatic rings. The molecule has 0 aliphatic rings. The van der Waals surface area contributed by atoms with E-state index in [9.17, 15) is 4.79 Å². The number of hydrogen-bond acceptors (Lipinski definition) is 5. The molecule has 0 aliphatic carbocycles. The summed E-state index contributed by atoms with van der Waals surface area (Å²) in [6, 6.07) is 14.9. The van der Waals surface area contributed by atoms with Crippen molar-refractivity contribution in [3.63, 3.8) is 0 Å². The summed E-state index contributed by atoms with van der Waals surface area (Å²) < 4.78 is 1.30. The van der Waals surface area contributed by atoms with Crippen molar-refractivity contribution in [2.75, 3.05) is 0 Å². The molecule has 0 N–H and O–H groups in total. The zero-order valence-corrected chi connectivity index (χ0v) is 11.8. The van der Waals surface area contributed by atoms with Crippen molar-refractivity contribution in [3.05, 3.63) is 64.4 Å². The van der Waals surface area contributed by atoms with Crippen LogP contribution in [-0.4, -0.2) is 25.0 Å². The van der Waals surface area contributed by atoms with E-state index in [0.29, 0.717) is 16.7 Å². The molecule has 0 amide bonds. The van der Waals surface area contributed by atoms with Crippen LogP contribution in [0.1, 0.15) is 5.56 Å². The third-order valence-corrected chi connectivity index (χ3v) is 3.50. The molecule has 0 radical (unpaired) electrons. The van der Waals surface area contributed by atoms with Crippen LogP contribution in [0.25, 0.3) is 27.8 Å². The first kappa shape index (κ1) is 12.6. The van der Waals surface area contributed by atoms with Crippen LogP contribution < -0.4 is 5.56 Å². The molecule has 0 bridgehead atoms. The molecule has 2 aromatic carbocycles. The fourth-order valence-electron chi connectivity index (χ4n) is 2.34. The van der Waals surface area contributed by atoms with Crippen LogP contribution in [0, 0.1) is 6.92 Å². The van der Waals surface area contributed by atoms with E-state index in [1.54, 1.807) is 0 Å². The topological polar surface area (TPSA) is 73.0 Å². The van der Waals surface area contributed by atoms with Crippen LogP contribution in [0.4, 0.5) is 0 Å². The fraction of sp³-hybridized carbons (Fsp3) is 0.0625. The van der Waals surface area contributed by atoms with Crippen molar-refractivity contribution in [1.82, 2.24) is 25.0 Å². The maximum absolute atomic E-state index is 12.3. The van der Waals surface area contributed by atoms with E-state index >= 15 is 0 Å². The van der Waals surface area contributed by atoms with Gasteiger partial charge in [-0.3, -0.25) is 4.79 Å². The van der Waals surface area contributed by atoms with Gasteiger partial charge in [-0.25, -0.2) is 0 Å². The lowest BCUT2D eigenvalue weighted by atomic mass is 10.1. The summed E-state index contributed by atoms with van der Waals surface area (Å²) in [4.78, 5) is 16.5. The predicted octanol–water partition coefficient (Wildman–Crippen LogP) is 2.01. The largest absolute Gasteiger partial charge is 0.300 e. The molecule has 0 unspecified atom stereocenters.